The van der Waals surface area contributed by atoms with Crippen molar-refractivity contribution in [1.29, 1.82) is 0 Å². The van der Waals surface area contributed by atoms with Crippen molar-refractivity contribution in [1.82, 2.24) is 5.43 Å². The fourth-order valence-electron chi connectivity index (χ4n) is 2.46. The van der Waals surface area contributed by atoms with Gasteiger partial charge < -0.3 is 15.4 Å². The van der Waals surface area contributed by atoms with Gasteiger partial charge in [-0.2, -0.15) is 5.10 Å². The van der Waals surface area contributed by atoms with Gasteiger partial charge in [0.2, 0.25) is 0 Å². The number of anilines is 2. The summed E-state index contributed by atoms with van der Waals surface area (Å²) in [6.45, 7) is 3.34. The molecular formula is C18H20N4O2. The van der Waals surface area contributed by atoms with Crippen LogP contribution in [0, 0.1) is 0 Å². The molecule has 6 nitrogen and oxygen atoms in total. The molecule has 24 heavy (non-hydrogen) atoms. The number of carbonyl (C=O) groups is 1. The van der Waals surface area contributed by atoms with E-state index in [4.69, 9.17) is 10.5 Å². The highest BCUT2D eigenvalue weighted by atomic mass is 16.5. The van der Waals surface area contributed by atoms with Crippen LogP contribution in [0.25, 0.3) is 0 Å². The van der Waals surface area contributed by atoms with Crippen molar-refractivity contribution < 1.29 is 9.53 Å². The molecule has 0 unspecified atom stereocenters. The Morgan fingerprint density at radius 1 is 1.08 bits per heavy atom. The van der Waals surface area contributed by atoms with E-state index >= 15 is 0 Å². The molecule has 1 saturated heterocycles. The predicted octanol–water partition coefficient (Wildman–Crippen LogP) is 1.87. The summed E-state index contributed by atoms with van der Waals surface area (Å²) in [6.07, 6.45) is 1.62. The van der Waals surface area contributed by atoms with Crippen molar-refractivity contribution in [2.45, 2.75) is 0 Å². The van der Waals surface area contributed by atoms with E-state index in [9.17, 15) is 4.79 Å². The quantitative estimate of drug-likeness (QED) is 0.511. The largest absolute Gasteiger partial charge is 0.399 e. The minimum absolute atomic E-state index is 0.267. The number of amides is 1. The molecule has 0 radical (unpaired) electrons. The molecule has 1 aliphatic rings. The highest BCUT2D eigenvalue weighted by molar-refractivity contribution is 5.95. The van der Waals surface area contributed by atoms with Gasteiger partial charge in [-0.25, -0.2) is 5.43 Å². The van der Waals surface area contributed by atoms with E-state index in [0.717, 1.165) is 31.9 Å². The van der Waals surface area contributed by atoms with Crippen molar-refractivity contribution in [3.8, 4) is 0 Å². The molecule has 6 heteroatoms. The van der Waals surface area contributed by atoms with Gasteiger partial charge in [0.15, 0.2) is 0 Å². The lowest BCUT2D eigenvalue weighted by Gasteiger charge is -2.28. The van der Waals surface area contributed by atoms with E-state index in [-0.39, 0.29) is 5.91 Å². The summed E-state index contributed by atoms with van der Waals surface area (Å²) >= 11 is 0. The standard InChI is InChI=1S/C18H20N4O2/c19-16-5-3-15(4-6-16)18(23)21-20-13-14-1-7-17(8-2-14)22-9-11-24-12-10-22/h1-8,13H,9-12,19H2,(H,21,23). The third-order valence-corrected chi connectivity index (χ3v) is 3.82. The van der Waals surface area contributed by atoms with E-state index in [2.05, 4.69) is 27.6 Å². The molecule has 3 N–H and O–H groups in total. The van der Waals surface area contributed by atoms with Gasteiger partial charge in [-0.15, -0.1) is 0 Å². The number of hydrogen-bond acceptors (Lipinski definition) is 5. The number of nitrogens with zero attached hydrogens (tertiary/aromatic N) is 2. The van der Waals surface area contributed by atoms with Crippen LogP contribution >= 0.6 is 0 Å². The number of morpholine rings is 1. The van der Waals surface area contributed by atoms with Crippen molar-refractivity contribution in [2.24, 2.45) is 5.10 Å². The molecule has 0 aliphatic carbocycles. The highest BCUT2D eigenvalue weighted by Gasteiger charge is 2.10. The molecular weight excluding hydrogens is 304 g/mol. The smallest absolute Gasteiger partial charge is 0.271 e. The van der Waals surface area contributed by atoms with Crippen LogP contribution in [0.15, 0.2) is 53.6 Å². The van der Waals surface area contributed by atoms with Gasteiger partial charge in [0, 0.05) is 30.0 Å². The maximum atomic E-state index is 11.9. The van der Waals surface area contributed by atoms with Crippen molar-refractivity contribution in [3.05, 3.63) is 59.7 Å². The number of benzene rings is 2. The number of rotatable bonds is 4. The van der Waals surface area contributed by atoms with Crippen LogP contribution in [-0.2, 0) is 4.74 Å². The van der Waals surface area contributed by atoms with Crippen molar-refractivity contribution >= 4 is 23.5 Å². The van der Waals surface area contributed by atoms with Crippen LogP contribution in [0.5, 0.6) is 0 Å². The molecule has 0 bridgehead atoms. The molecule has 1 heterocycles. The zero-order valence-electron chi connectivity index (χ0n) is 13.3. The van der Waals surface area contributed by atoms with Gasteiger partial charge in [-0.05, 0) is 42.0 Å². The number of nitrogens with two attached hydrogens (primary N) is 1. The van der Waals surface area contributed by atoms with Crippen LogP contribution in [-0.4, -0.2) is 38.4 Å². The Bertz CT molecular complexity index is 705. The maximum absolute atomic E-state index is 11.9. The number of ether oxygens (including phenoxy) is 1. The minimum atomic E-state index is -0.267. The molecule has 3 rings (SSSR count). The molecule has 1 fully saturated rings. The molecule has 0 atom stereocenters. The van der Waals surface area contributed by atoms with Gasteiger partial charge in [-0.3, -0.25) is 4.79 Å². The van der Waals surface area contributed by atoms with Crippen molar-refractivity contribution in [3.63, 3.8) is 0 Å². The molecule has 1 amide bonds. The molecule has 0 aromatic heterocycles. The molecule has 0 saturated carbocycles. The van der Waals surface area contributed by atoms with Gasteiger partial charge in [0.1, 0.15) is 0 Å². The zero-order valence-corrected chi connectivity index (χ0v) is 13.3. The third kappa shape index (κ3) is 4.11. The molecule has 2 aromatic carbocycles. The zero-order chi connectivity index (χ0) is 16.8. The van der Waals surface area contributed by atoms with Crippen LogP contribution in [0.4, 0.5) is 11.4 Å². The average Bonchev–Trinajstić information content (AvgIpc) is 2.63. The first kappa shape index (κ1) is 16.0. The normalized spacial score (nSPS) is 14.8. The fraction of sp³-hybridized carbons (Fsp3) is 0.222. The van der Waals surface area contributed by atoms with Gasteiger partial charge in [0.05, 0.1) is 19.4 Å². The topological polar surface area (TPSA) is 80.0 Å². The second-order valence-electron chi connectivity index (χ2n) is 5.51. The highest BCUT2D eigenvalue weighted by Crippen LogP contribution is 2.15. The lowest BCUT2D eigenvalue weighted by atomic mass is 10.2. The Morgan fingerprint density at radius 3 is 2.42 bits per heavy atom. The van der Waals surface area contributed by atoms with Crippen LogP contribution in [0.1, 0.15) is 15.9 Å². The average molecular weight is 324 g/mol. The fourth-order valence-corrected chi connectivity index (χ4v) is 2.46. The Labute approximate surface area is 140 Å². The first-order valence-corrected chi connectivity index (χ1v) is 7.84. The SMILES string of the molecule is Nc1ccc(C(=O)NN=Cc2ccc(N3CCOCC3)cc2)cc1. The van der Waals surface area contributed by atoms with Crippen LogP contribution < -0.4 is 16.1 Å². The van der Waals surface area contributed by atoms with E-state index in [1.165, 1.54) is 5.69 Å². The Hall–Kier alpha value is -2.86. The van der Waals surface area contributed by atoms with Gasteiger partial charge in [-0.1, -0.05) is 12.1 Å². The first-order chi connectivity index (χ1) is 11.7. The second-order valence-corrected chi connectivity index (χ2v) is 5.51. The second kappa shape index (κ2) is 7.61. The Morgan fingerprint density at radius 2 is 1.75 bits per heavy atom. The number of hydrogen-bond donors (Lipinski definition) is 2. The summed E-state index contributed by atoms with van der Waals surface area (Å²) in [4.78, 5) is 14.2. The number of hydrazone groups is 1. The molecule has 124 valence electrons. The lowest BCUT2D eigenvalue weighted by Crippen LogP contribution is -2.36. The number of carbonyl (C=O) groups excluding carboxylic acids is 1. The molecule has 1 aliphatic heterocycles. The summed E-state index contributed by atoms with van der Waals surface area (Å²) in [7, 11) is 0. The summed E-state index contributed by atoms with van der Waals surface area (Å²) in [6, 6.07) is 14.7. The monoisotopic (exact) mass is 324 g/mol. The Kier molecular flexibility index (Phi) is 5.08. The van der Waals surface area contributed by atoms with E-state index in [0.29, 0.717) is 11.3 Å². The third-order valence-electron chi connectivity index (χ3n) is 3.82. The summed E-state index contributed by atoms with van der Waals surface area (Å²) in [5.41, 5.74) is 11.3. The van der Waals surface area contributed by atoms with E-state index in [1.54, 1.807) is 30.5 Å². The minimum Gasteiger partial charge on any atom is -0.399 e. The first-order valence-electron chi connectivity index (χ1n) is 7.84. The van der Waals surface area contributed by atoms with Gasteiger partial charge in [0.25, 0.3) is 5.91 Å². The van der Waals surface area contributed by atoms with Gasteiger partial charge >= 0.3 is 0 Å². The lowest BCUT2D eigenvalue weighted by molar-refractivity contribution is 0.0955. The maximum Gasteiger partial charge on any atom is 0.271 e. The van der Waals surface area contributed by atoms with E-state index < -0.39 is 0 Å². The molecule has 2 aromatic rings. The molecule has 0 spiro atoms. The summed E-state index contributed by atoms with van der Waals surface area (Å²) in [5, 5.41) is 3.99. The Balaban J connectivity index is 1.56. The van der Waals surface area contributed by atoms with Crippen LogP contribution in [0.2, 0.25) is 0 Å². The number of nitrogens with one attached hydrogen (secondary N) is 1. The predicted molar refractivity (Wildman–Crippen MR) is 95.4 cm³/mol. The summed E-state index contributed by atoms with van der Waals surface area (Å²) < 4.78 is 5.35. The van der Waals surface area contributed by atoms with Crippen LogP contribution in [0.3, 0.4) is 0 Å². The van der Waals surface area contributed by atoms with Crippen molar-refractivity contribution in [2.75, 3.05) is 36.9 Å². The number of nitrogen functional groups attached to an aromatic ring is 1. The summed E-state index contributed by atoms with van der Waals surface area (Å²) in [5.74, 6) is -0.267. The van der Waals surface area contributed by atoms with E-state index in [1.807, 2.05) is 12.1 Å².